The zero-order valence-corrected chi connectivity index (χ0v) is 17.0. The topological polar surface area (TPSA) is 113 Å². The summed E-state index contributed by atoms with van der Waals surface area (Å²) in [5.41, 5.74) is 1.44. The van der Waals surface area contributed by atoms with Crippen LogP contribution in [0.15, 0.2) is 34.9 Å². The molecule has 4 heterocycles. The minimum atomic E-state index is -0.986. The Kier molecular flexibility index (Phi) is 4.18. The molecule has 8 nitrogen and oxygen atoms in total. The van der Waals surface area contributed by atoms with Crippen molar-refractivity contribution in [2.24, 2.45) is 0 Å². The van der Waals surface area contributed by atoms with Crippen LogP contribution in [0.25, 0.3) is 11.3 Å². The van der Waals surface area contributed by atoms with Crippen molar-refractivity contribution in [1.82, 2.24) is 15.4 Å². The summed E-state index contributed by atoms with van der Waals surface area (Å²) in [6, 6.07) is 7.60. The molecule has 10 heteroatoms. The first kappa shape index (κ1) is 18.6. The number of hydrogen-bond acceptors (Lipinski definition) is 7. The third-order valence-electron chi connectivity index (χ3n) is 5.56. The second-order valence-electron chi connectivity index (χ2n) is 7.33. The summed E-state index contributed by atoms with van der Waals surface area (Å²) >= 11 is 3.16. The maximum Gasteiger partial charge on any atom is 0.327 e. The molecule has 0 saturated carbocycles. The van der Waals surface area contributed by atoms with E-state index in [0.29, 0.717) is 23.0 Å². The summed E-state index contributed by atoms with van der Waals surface area (Å²) in [7, 11) is 0. The predicted molar refractivity (Wildman–Crippen MR) is 108 cm³/mol. The number of aliphatic carboxylic acids is 1. The third-order valence-corrected chi connectivity index (χ3v) is 9.09. The molecule has 3 atom stereocenters. The van der Waals surface area contributed by atoms with E-state index >= 15 is 0 Å². The highest BCUT2D eigenvalue weighted by Crippen LogP contribution is 2.57. The highest BCUT2D eigenvalue weighted by atomic mass is 32.2. The minimum absolute atomic E-state index is 0.286. The number of carboxylic acids is 1. The number of nitrogens with one attached hydrogen (secondary N) is 1. The quantitative estimate of drug-likeness (QED) is 0.702. The number of aromatic nitrogens is 1. The molecule has 2 N–H and O–H groups in total. The number of carboxylic acid groups (broad SMARTS) is 1. The molecule has 3 saturated heterocycles. The van der Waals surface area contributed by atoms with Crippen molar-refractivity contribution in [2.75, 3.05) is 11.5 Å². The maximum atomic E-state index is 13.0. The molecule has 2 unspecified atom stereocenters. The van der Waals surface area contributed by atoms with Crippen LogP contribution in [0.4, 0.5) is 0 Å². The summed E-state index contributed by atoms with van der Waals surface area (Å²) in [6.45, 7) is 1.65. The number of benzene rings is 1. The van der Waals surface area contributed by atoms with Crippen molar-refractivity contribution in [3.63, 3.8) is 0 Å². The Balaban J connectivity index is 1.39. The standard InChI is InChI=1S/C19H17N3O5S2/c1-9-11(12(21-27-9)10-5-3-2-4-6-10)15(23)20-13-16(24)22-14(18(25)26)19(7-28-8-19)29-17(13)22/h2-6,13-14,17H,7-8H2,1H3,(H,20,23)(H,25,26)/t13?,14?,17-/m0/s1. The molecule has 150 valence electrons. The van der Waals surface area contributed by atoms with Crippen molar-refractivity contribution in [3.8, 4) is 11.3 Å². The fourth-order valence-electron chi connectivity index (χ4n) is 4.10. The van der Waals surface area contributed by atoms with Crippen LogP contribution in [0.3, 0.4) is 0 Å². The number of thioether (sulfide) groups is 2. The normalized spacial score (nSPS) is 26.6. The van der Waals surface area contributed by atoms with Crippen LogP contribution in [0.2, 0.25) is 0 Å². The van der Waals surface area contributed by atoms with Crippen LogP contribution >= 0.6 is 23.5 Å². The Labute approximate surface area is 174 Å². The summed E-state index contributed by atoms with van der Waals surface area (Å²) in [5.74, 6) is -0.0415. The van der Waals surface area contributed by atoms with Gasteiger partial charge in [-0.3, -0.25) is 9.59 Å². The van der Waals surface area contributed by atoms with Crippen LogP contribution in [0.1, 0.15) is 16.1 Å². The molecular weight excluding hydrogens is 414 g/mol. The fraction of sp³-hybridized carbons (Fsp3) is 0.368. The fourth-order valence-corrected chi connectivity index (χ4v) is 7.55. The van der Waals surface area contributed by atoms with Gasteiger partial charge in [0.1, 0.15) is 34.5 Å². The first-order chi connectivity index (χ1) is 13.9. The van der Waals surface area contributed by atoms with Gasteiger partial charge in [-0.1, -0.05) is 35.5 Å². The zero-order chi connectivity index (χ0) is 20.3. The molecular formula is C19H17N3O5S2. The Morgan fingerprint density at radius 2 is 2.03 bits per heavy atom. The number of carbonyl (C=O) groups is 3. The van der Waals surface area contributed by atoms with Gasteiger partial charge in [0.25, 0.3) is 5.91 Å². The van der Waals surface area contributed by atoms with Crippen molar-refractivity contribution in [3.05, 3.63) is 41.7 Å². The van der Waals surface area contributed by atoms with Gasteiger partial charge in [0.2, 0.25) is 5.91 Å². The molecule has 0 radical (unpaired) electrons. The maximum absolute atomic E-state index is 13.0. The van der Waals surface area contributed by atoms with Gasteiger partial charge in [0.15, 0.2) is 0 Å². The number of hydrogen-bond donors (Lipinski definition) is 2. The lowest BCUT2D eigenvalue weighted by Gasteiger charge is -2.44. The molecule has 0 bridgehead atoms. The lowest BCUT2D eigenvalue weighted by atomic mass is 9.95. The number of amides is 2. The van der Waals surface area contributed by atoms with Crippen LogP contribution in [0, 0.1) is 6.92 Å². The van der Waals surface area contributed by atoms with Crippen LogP contribution < -0.4 is 5.32 Å². The Morgan fingerprint density at radius 1 is 1.31 bits per heavy atom. The molecule has 3 aliphatic heterocycles. The Hall–Kier alpha value is -2.46. The molecule has 3 fully saturated rings. The molecule has 2 aromatic rings. The van der Waals surface area contributed by atoms with E-state index in [0.717, 1.165) is 5.56 Å². The van der Waals surface area contributed by atoms with Gasteiger partial charge in [0, 0.05) is 17.1 Å². The number of nitrogens with zero attached hydrogens (tertiary/aromatic N) is 2. The zero-order valence-electron chi connectivity index (χ0n) is 15.3. The van der Waals surface area contributed by atoms with E-state index in [1.165, 1.54) is 16.7 Å². The second-order valence-corrected chi connectivity index (χ2v) is 9.85. The van der Waals surface area contributed by atoms with E-state index in [2.05, 4.69) is 10.5 Å². The molecule has 2 amide bonds. The van der Waals surface area contributed by atoms with Crippen molar-refractivity contribution in [2.45, 2.75) is 29.1 Å². The van der Waals surface area contributed by atoms with E-state index in [1.807, 2.05) is 30.3 Å². The predicted octanol–water partition coefficient (Wildman–Crippen LogP) is 1.60. The van der Waals surface area contributed by atoms with Gasteiger partial charge >= 0.3 is 5.97 Å². The highest BCUT2D eigenvalue weighted by molar-refractivity contribution is 8.08. The summed E-state index contributed by atoms with van der Waals surface area (Å²) < 4.78 is 4.77. The number of rotatable bonds is 4. The van der Waals surface area contributed by atoms with Gasteiger partial charge in [-0.15, -0.1) is 11.8 Å². The molecule has 29 heavy (non-hydrogen) atoms. The number of β-lactam (4-membered cyclic amide) rings is 1. The van der Waals surface area contributed by atoms with Gasteiger partial charge in [-0.2, -0.15) is 11.8 Å². The van der Waals surface area contributed by atoms with Crippen LogP contribution in [-0.2, 0) is 9.59 Å². The van der Waals surface area contributed by atoms with Crippen LogP contribution in [0.5, 0.6) is 0 Å². The molecule has 1 aromatic heterocycles. The molecule has 1 aromatic carbocycles. The molecule has 1 spiro atoms. The average molecular weight is 431 g/mol. The van der Waals surface area contributed by atoms with Gasteiger partial charge in [-0.05, 0) is 6.92 Å². The number of carbonyl (C=O) groups excluding carboxylic acids is 2. The summed E-state index contributed by atoms with van der Waals surface area (Å²) in [6.07, 6.45) is 0. The summed E-state index contributed by atoms with van der Waals surface area (Å²) in [5, 5.41) is 16.1. The lowest BCUT2D eigenvalue weighted by Crippen LogP contribution is -2.71. The largest absolute Gasteiger partial charge is 0.480 e. The van der Waals surface area contributed by atoms with Gasteiger partial charge in [-0.25, -0.2) is 4.79 Å². The third kappa shape index (κ3) is 2.62. The number of aryl methyl sites for hydroxylation is 1. The minimum Gasteiger partial charge on any atom is -0.480 e. The monoisotopic (exact) mass is 431 g/mol. The highest BCUT2D eigenvalue weighted by Gasteiger charge is 2.69. The Morgan fingerprint density at radius 3 is 2.66 bits per heavy atom. The van der Waals surface area contributed by atoms with Crippen molar-refractivity contribution >= 4 is 41.3 Å². The van der Waals surface area contributed by atoms with E-state index in [9.17, 15) is 19.5 Å². The van der Waals surface area contributed by atoms with E-state index < -0.39 is 28.7 Å². The second kappa shape index (κ2) is 6.53. The average Bonchev–Trinajstić information content (AvgIpc) is 3.23. The smallest absolute Gasteiger partial charge is 0.327 e. The first-order valence-electron chi connectivity index (χ1n) is 9.06. The molecule has 3 aliphatic rings. The van der Waals surface area contributed by atoms with E-state index in [-0.39, 0.29) is 16.8 Å². The SMILES string of the molecule is Cc1onc(-c2ccccc2)c1C(=O)NC1C(=O)N2C(C(=O)O)C3(CSC3)S[C@@H]12. The first-order valence-corrected chi connectivity index (χ1v) is 11.1. The lowest BCUT2D eigenvalue weighted by molar-refractivity contribution is -0.159. The van der Waals surface area contributed by atoms with E-state index in [4.69, 9.17) is 4.52 Å². The summed E-state index contributed by atoms with van der Waals surface area (Å²) in [4.78, 5) is 38.9. The van der Waals surface area contributed by atoms with Gasteiger partial charge in [0.05, 0.1) is 4.75 Å². The Bertz CT molecular complexity index is 1020. The van der Waals surface area contributed by atoms with Gasteiger partial charge < -0.3 is 19.8 Å². The van der Waals surface area contributed by atoms with Crippen LogP contribution in [-0.4, -0.2) is 66.7 Å². The van der Waals surface area contributed by atoms with E-state index in [1.54, 1.807) is 18.7 Å². The number of fused-ring (bicyclic) bond motifs is 1. The molecule has 0 aliphatic carbocycles. The van der Waals surface area contributed by atoms with Crippen molar-refractivity contribution < 1.29 is 24.0 Å². The van der Waals surface area contributed by atoms with Crippen molar-refractivity contribution in [1.29, 1.82) is 0 Å². The molecule has 5 rings (SSSR count).